The largest absolute Gasteiger partial charge is 0.456 e. The van der Waals surface area contributed by atoms with E-state index in [1.54, 1.807) is 6.07 Å². The SMILES string of the molecule is Cc1ccc(C(=O)NCC2CCCC2CBr)o1. The monoisotopic (exact) mass is 299 g/mol. The molecule has 1 aliphatic carbocycles. The molecular formula is C13H18BrNO2. The molecule has 94 valence electrons. The van der Waals surface area contributed by atoms with Gasteiger partial charge in [0.15, 0.2) is 5.76 Å². The maximum absolute atomic E-state index is 11.8. The molecular weight excluding hydrogens is 282 g/mol. The second-order valence-corrected chi connectivity index (χ2v) is 5.37. The summed E-state index contributed by atoms with van der Waals surface area (Å²) in [6, 6.07) is 3.53. The Morgan fingerprint density at radius 1 is 1.47 bits per heavy atom. The Hall–Kier alpha value is -0.770. The molecule has 1 aliphatic rings. The van der Waals surface area contributed by atoms with Crippen molar-refractivity contribution in [2.75, 3.05) is 11.9 Å². The molecule has 1 aromatic heterocycles. The predicted octanol–water partition coefficient (Wildman–Crippen LogP) is 3.13. The van der Waals surface area contributed by atoms with Crippen molar-refractivity contribution in [2.24, 2.45) is 11.8 Å². The fourth-order valence-electron chi connectivity index (χ4n) is 2.45. The third-order valence-electron chi connectivity index (χ3n) is 3.50. The average molecular weight is 300 g/mol. The zero-order valence-corrected chi connectivity index (χ0v) is 11.6. The van der Waals surface area contributed by atoms with Gasteiger partial charge in [-0.2, -0.15) is 0 Å². The van der Waals surface area contributed by atoms with Gasteiger partial charge in [0.25, 0.3) is 5.91 Å². The number of rotatable bonds is 4. The maximum atomic E-state index is 11.8. The Bertz CT molecular complexity index is 389. The summed E-state index contributed by atoms with van der Waals surface area (Å²) in [7, 11) is 0. The molecule has 2 unspecified atom stereocenters. The van der Waals surface area contributed by atoms with E-state index in [0.717, 1.165) is 17.6 Å². The van der Waals surface area contributed by atoms with Crippen LogP contribution in [0.3, 0.4) is 0 Å². The van der Waals surface area contributed by atoms with Gasteiger partial charge in [0.2, 0.25) is 0 Å². The molecule has 1 saturated carbocycles. The molecule has 17 heavy (non-hydrogen) atoms. The molecule has 1 aromatic rings. The van der Waals surface area contributed by atoms with Crippen molar-refractivity contribution in [3.63, 3.8) is 0 Å². The van der Waals surface area contributed by atoms with Gasteiger partial charge in [0, 0.05) is 11.9 Å². The van der Waals surface area contributed by atoms with Gasteiger partial charge < -0.3 is 9.73 Å². The molecule has 0 aromatic carbocycles. The van der Waals surface area contributed by atoms with Crippen molar-refractivity contribution in [3.05, 3.63) is 23.7 Å². The van der Waals surface area contributed by atoms with E-state index < -0.39 is 0 Å². The van der Waals surface area contributed by atoms with Crippen LogP contribution in [0.2, 0.25) is 0 Å². The quantitative estimate of drug-likeness (QED) is 0.868. The van der Waals surface area contributed by atoms with Gasteiger partial charge in [-0.3, -0.25) is 4.79 Å². The summed E-state index contributed by atoms with van der Waals surface area (Å²) in [5.41, 5.74) is 0. The summed E-state index contributed by atoms with van der Waals surface area (Å²) in [6.07, 6.45) is 3.76. The van der Waals surface area contributed by atoms with E-state index in [1.807, 2.05) is 13.0 Å². The highest BCUT2D eigenvalue weighted by atomic mass is 79.9. The van der Waals surface area contributed by atoms with E-state index in [1.165, 1.54) is 19.3 Å². The first kappa shape index (κ1) is 12.7. The number of carbonyl (C=O) groups excluding carboxylic acids is 1. The molecule has 0 saturated heterocycles. The van der Waals surface area contributed by atoms with Crippen LogP contribution >= 0.6 is 15.9 Å². The topological polar surface area (TPSA) is 42.2 Å². The van der Waals surface area contributed by atoms with Gasteiger partial charge in [-0.05, 0) is 43.7 Å². The Kier molecular flexibility index (Phi) is 4.26. The highest BCUT2D eigenvalue weighted by Crippen LogP contribution is 2.32. The van der Waals surface area contributed by atoms with Crippen LogP contribution in [0.1, 0.15) is 35.6 Å². The van der Waals surface area contributed by atoms with Crippen molar-refractivity contribution in [1.29, 1.82) is 0 Å². The Labute approximate surface area is 110 Å². The van der Waals surface area contributed by atoms with Crippen molar-refractivity contribution in [3.8, 4) is 0 Å². The van der Waals surface area contributed by atoms with Crippen molar-refractivity contribution < 1.29 is 9.21 Å². The fraction of sp³-hybridized carbons (Fsp3) is 0.615. The van der Waals surface area contributed by atoms with Gasteiger partial charge >= 0.3 is 0 Å². The zero-order chi connectivity index (χ0) is 12.3. The molecule has 0 spiro atoms. The zero-order valence-electron chi connectivity index (χ0n) is 10.0. The summed E-state index contributed by atoms with van der Waals surface area (Å²) < 4.78 is 5.29. The van der Waals surface area contributed by atoms with E-state index >= 15 is 0 Å². The predicted molar refractivity (Wildman–Crippen MR) is 70.4 cm³/mol. The number of aryl methyl sites for hydroxylation is 1. The summed E-state index contributed by atoms with van der Waals surface area (Å²) in [4.78, 5) is 11.8. The number of carbonyl (C=O) groups is 1. The van der Waals surface area contributed by atoms with E-state index in [4.69, 9.17) is 4.42 Å². The summed E-state index contributed by atoms with van der Waals surface area (Å²) in [5, 5.41) is 4.00. The smallest absolute Gasteiger partial charge is 0.287 e. The van der Waals surface area contributed by atoms with Crippen LogP contribution < -0.4 is 5.32 Å². The number of hydrogen-bond donors (Lipinski definition) is 1. The molecule has 0 radical (unpaired) electrons. The number of amides is 1. The lowest BCUT2D eigenvalue weighted by molar-refractivity contribution is 0.0915. The second-order valence-electron chi connectivity index (χ2n) is 4.73. The molecule has 0 bridgehead atoms. The van der Waals surface area contributed by atoms with Gasteiger partial charge in [-0.15, -0.1) is 0 Å². The maximum Gasteiger partial charge on any atom is 0.287 e. The van der Waals surface area contributed by atoms with Gasteiger partial charge in [0.1, 0.15) is 5.76 Å². The molecule has 2 atom stereocenters. The van der Waals surface area contributed by atoms with Crippen molar-refractivity contribution in [2.45, 2.75) is 26.2 Å². The Balaban J connectivity index is 1.84. The Morgan fingerprint density at radius 3 is 2.88 bits per heavy atom. The number of alkyl halides is 1. The molecule has 4 heteroatoms. The second kappa shape index (κ2) is 5.71. The van der Waals surface area contributed by atoms with E-state index in [-0.39, 0.29) is 5.91 Å². The minimum Gasteiger partial charge on any atom is -0.456 e. The highest BCUT2D eigenvalue weighted by Gasteiger charge is 2.26. The number of halogens is 1. The lowest BCUT2D eigenvalue weighted by Crippen LogP contribution is -2.30. The standard InChI is InChI=1S/C13H18BrNO2/c1-9-5-6-12(17-9)13(16)15-8-11-4-2-3-10(11)7-14/h5-6,10-11H,2-4,7-8H2,1H3,(H,15,16). The van der Waals surface area contributed by atoms with E-state index in [2.05, 4.69) is 21.2 Å². The third kappa shape index (κ3) is 3.12. The molecule has 0 aliphatic heterocycles. The molecule has 2 rings (SSSR count). The lowest BCUT2D eigenvalue weighted by Gasteiger charge is -2.17. The first-order chi connectivity index (χ1) is 8.20. The normalized spacial score (nSPS) is 23.9. The fourth-order valence-corrected chi connectivity index (χ4v) is 3.31. The molecule has 1 fully saturated rings. The van der Waals surface area contributed by atoms with E-state index in [0.29, 0.717) is 17.6 Å². The van der Waals surface area contributed by atoms with Crippen LogP contribution in [0, 0.1) is 18.8 Å². The van der Waals surface area contributed by atoms with Gasteiger partial charge in [0.05, 0.1) is 0 Å². The number of hydrogen-bond acceptors (Lipinski definition) is 2. The summed E-state index contributed by atoms with van der Waals surface area (Å²) >= 11 is 3.54. The first-order valence-corrected chi connectivity index (χ1v) is 7.23. The van der Waals surface area contributed by atoms with Gasteiger partial charge in [-0.25, -0.2) is 0 Å². The minimum absolute atomic E-state index is 0.0988. The number of furan rings is 1. The summed E-state index contributed by atoms with van der Waals surface area (Å²) in [6.45, 7) is 2.60. The molecule has 3 nitrogen and oxygen atoms in total. The van der Waals surface area contributed by atoms with Crippen LogP contribution in [0.5, 0.6) is 0 Å². The van der Waals surface area contributed by atoms with Crippen molar-refractivity contribution >= 4 is 21.8 Å². The molecule has 1 heterocycles. The minimum atomic E-state index is -0.0988. The first-order valence-electron chi connectivity index (χ1n) is 6.11. The van der Waals surface area contributed by atoms with E-state index in [9.17, 15) is 4.79 Å². The lowest BCUT2D eigenvalue weighted by atomic mass is 9.98. The Morgan fingerprint density at radius 2 is 2.24 bits per heavy atom. The third-order valence-corrected chi connectivity index (χ3v) is 4.34. The van der Waals surface area contributed by atoms with Crippen LogP contribution in [-0.2, 0) is 0 Å². The van der Waals surface area contributed by atoms with Crippen LogP contribution in [0.15, 0.2) is 16.5 Å². The summed E-state index contributed by atoms with van der Waals surface area (Å²) in [5.74, 6) is 2.39. The van der Waals surface area contributed by atoms with Gasteiger partial charge in [-0.1, -0.05) is 22.4 Å². The molecule has 1 amide bonds. The van der Waals surface area contributed by atoms with Crippen LogP contribution in [0.4, 0.5) is 0 Å². The molecule has 1 N–H and O–H groups in total. The average Bonchev–Trinajstić information content (AvgIpc) is 2.94. The van der Waals surface area contributed by atoms with Crippen molar-refractivity contribution in [1.82, 2.24) is 5.32 Å². The number of nitrogens with one attached hydrogen (secondary N) is 1. The van der Waals surface area contributed by atoms with Crippen LogP contribution in [-0.4, -0.2) is 17.8 Å². The highest BCUT2D eigenvalue weighted by molar-refractivity contribution is 9.09. The van der Waals surface area contributed by atoms with Crippen LogP contribution in [0.25, 0.3) is 0 Å².